The Morgan fingerprint density at radius 2 is 1.82 bits per heavy atom. The van der Waals surface area contributed by atoms with Gasteiger partial charge in [-0.15, -0.1) is 4.80 Å². The average molecular weight is 625 g/mol. The van der Waals surface area contributed by atoms with Crippen LogP contribution >= 0.6 is 11.3 Å². The third kappa shape index (κ3) is 6.35. The van der Waals surface area contributed by atoms with Crippen LogP contribution in [0, 0.1) is 6.92 Å². The van der Waals surface area contributed by atoms with Crippen molar-refractivity contribution in [2.75, 3.05) is 20.3 Å². The molecule has 0 unspecified atom stereocenters. The summed E-state index contributed by atoms with van der Waals surface area (Å²) in [5.41, 5.74) is -0.803. The average Bonchev–Trinajstić information content (AvgIpc) is 3.64. The van der Waals surface area contributed by atoms with Gasteiger partial charge in [0.1, 0.15) is 21.1 Å². The van der Waals surface area contributed by atoms with Gasteiger partial charge in [0.15, 0.2) is 0 Å². The van der Waals surface area contributed by atoms with E-state index in [0.717, 1.165) is 61.2 Å². The van der Waals surface area contributed by atoms with Crippen molar-refractivity contribution < 1.29 is 19.4 Å². The Labute approximate surface area is 259 Å². The van der Waals surface area contributed by atoms with Gasteiger partial charge < -0.3 is 19.9 Å². The molecule has 1 aliphatic heterocycles. The van der Waals surface area contributed by atoms with E-state index in [4.69, 9.17) is 14.6 Å². The molecule has 1 saturated carbocycles. The summed E-state index contributed by atoms with van der Waals surface area (Å²) in [6.45, 7) is 6.83. The van der Waals surface area contributed by atoms with Crippen LogP contribution in [-0.4, -0.2) is 67.6 Å². The number of hydrogen-bond acceptors (Lipinski definition) is 9. The molecule has 44 heavy (non-hydrogen) atoms. The lowest BCUT2D eigenvalue weighted by Gasteiger charge is -2.32. The predicted molar refractivity (Wildman–Crippen MR) is 168 cm³/mol. The molecular formula is C31H40N6O6S. The van der Waals surface area contributed by atoms with Crippen LogP contribution in [-0.2, 0) is 28.0 Å². The van der Waals surface area contributed by atoms with Crippen molar-refractivity contribution >= 4 is 27.5 Å². The number of aliphatic hydroxyl groups excluding tert-OH is 1. The van der Waals surface area contributed by atoms with Crippen molar-refractivity contribution in [3.05, 3.63) is 68.6 Å². The molecule has 0 spiro atoms. The van der Waals surface area contributed by atoms with E-state index >= 15 is 0 Å². The van der Waals surface area contributed by atoms with Crippen molar-refractivity contribution in [3.8, 4) is 10.8 Å². The summed E-state index contributed by atoms with van der Waals surface area (Å²) in [4.78, 5) is 43.2. The molecule has 4 heterocycles. The van der Waals surface area contributed by atoms with Crippen LogP contribution in [0.5, 0.6) is 5.75 Å². The fraction of sp³-hybridized carbons (Fsp3) is 0.516. The quantitative estimate of drug-likeness (QED) is 0.305. The number of hydrogen-bond donors (Lipinski definition) is 2. The Morgan fingerprint density at radius 1 is 1.14 bits per heavy atom. The fourth-order valence-electron chi connectivity index (χ4n) is 5.38. The molecule has 12 nitrogen and oxygen atoms in total. The SMILES string of the molecule is COc1ccccc1CCn1c(=O)n(C(C)(C)C(=O)NC2CCC2)c(=O)c2c(C)c(-n3nccn3)sc21.OC1CCOCC1. The van der Waals surface area contributed by atoms with Crippen molar-refractivity contribution in [1.29, 1.82) is 0 Å². The minimum Gasteiger partial charge on any atom is -0.496 e. The summed E-state index contributed by atoms with van der Waals surface area (Å²) >= 11 is 1.29. The number of benzene rings is 1. The second-order valence-corrected chi connectivity index (χ2v) is 12.6. The third-order valence-corrected chi connectivity index (χ3v) is 9.61. The van der Waals surface area contributed by atoms with Gasteiger partial charge in [0, 0.05) is 31.4 Å². The number of aryl methyl sites for hydroxylation is 3. The lowest BCUT2D eigenvalue weighted by atomic mass is 9.91. The summed E-state index contributed by atoms with van der Waals surface area (Å²) in [6.07, 6.45) is 8.04. The molecule has 4 aromatic rings. The van der Waals surface area contributed by atoms with E-state index in [1.54, 1.807) is 37.9 Å². The highest BCUT2D eigenvalue weighted by atomic mass is 32.1. The van der Waals surface area contributed by atoms with Gasteiger partial charge in [-0.2, -0.15) is 10.2 Å². The van der Waals surface area contributed by atoms with Gasteiger partial charge in [-0.3, -0.25) is 14.2 Å². The number of nitrogens with one attached hydrogen (secondary N) is 1. The summed E-state index contributed by atoms with van der Waals surface area (Å²) < 4.78 is 13.2. The van der Waals surface area contributed by atoms with Crippen LogP contribution in [0.3, 0.4) is 0 Å². The zero-order valence-corrected chi connectivity index (χ0v) is 26.4. The number of carbonyl (C=O) groups excluding carboxylic acids is 1. The number of nitrogens with zero attached hydrogens (tertiary/aromatic N) is 5. The molecule has 6 rings (SSSR count). The fourth-order valence-corrected chi connectivity index (χ4v) is 6.62. The van der Waals surface area contributed by atoms with Gasteiger partial charge >= 0.3 is 5.69 Å². The van der Waals surface area contributed by atoms with Crippen molar-refractivity contribution in [2.45, 2.75) is 83.5 Å². The monoisotopic (exact) mass is 624 g/mol. The second-order valence-electron chi connectivity index (χ2n) is 11.7. The lowest BCUT2D eigenvalue weighted by molar-refractivity contribution is -0.130. The molecule has 1 amide bonds. The number of ether oxygens (including phenoxy) is 2. The number of methoxy groups -OCH3 is 1. The van der Waals surface area contributed by atoms with E-state index in [9.17, 15) is 14.4 Å². The third-order valence-electron chi connectivity index (χ3n) is 8.33. The molecule has 13 heteroatoms. The smallest absolute Gasteiger partial charge is 0.333 e. The molecule has 0 radical (unpaired) electrons. The zero-order valence-electron chi connectivity index (χ0n) is 25.6. The Bertz CT molecular complexity index is 1710. The molecule has 0 atom stereocenters. The van der Waals surface area contributed by atoms with Crippen LogP contribution in [0.25, 0.3) is 15.2 Å². The summed E-state index contributed by atoms with van der Waals surface area (Å²) in [5, 5.41) is 21.3. The first-order valence-electron chi connectivity index (χ1n) is 15.0. The number of rotatable bonds is 8. The molecule has 1 saturated heterocycles. The largest absolute Gasteiger partial charge is 0.496 e. The van der Waals surface area contributed by atoms with Gasteiger partial charge in [-0.1, -0.05) is 29.5 Å². The molecule has 1 aliphatic carbocycles. The van der Waals surface area contributed by atoms with E-state index in [0.29, 0.717) is 33.7 Å². The van der Waals surface area contributed by atoms with E-state index in [2.05, 4.69) is 15.5 Å². The molecule has 1 aromatic carbocycles. The highest BCUT2D eigenvalue weighted by Crippen LogP contribution is 2.31. The highest BCUT2D eigenvalue weighted by molar-refractivity contribution is 7.21. The highest BCUT2D eigenvalue weighted by Gasteiger charge is 2.37. The number of thiophene rings is 1. The summed E-state index contributed by atoms with van der Waals surface area (Å²) in [6, 6.07) is 7.72. The van der Waals surface area contributed by atoms with Crippen LogP contribution in [0.1, 0.15) is 57.1 Å². The second kappa shape index (κ2) is 13.4. The number of amides is 1. The molecule has 2 N–H and O–H groups in total. The van der Waals surface area contributed by atoms with Crippen LogP contribution in [0.15, 0.2) is 46.2 Å². The molecule has 3 aromatic heterocycles. The molecule has 236 valence electrons. The molecule has 2 aliphatic rings. The van der Waals surface area contributed by atoms with Crippen LogP contribution in [0.4, 0.5) is 0 Å². The maximum Gasteiger partial charge on any atom is 0.333 e. The first kappa shape index (κ1) is 31.6. The summed E-state index contributed by atoms with van der Waals surface area (Å²) in [5.74, 6) is 0.387. The van der Waals surface area contributed by atoms with Crippen molar-refractivity contribution in [3.63, 3.8) is 0 Å². The first-order chi connectivity index (χ1) is 21.1. The maximum atomic E-state index is 14.0. The normalized spacial score (nSPS) is 15.8. The number of aromatic nitrogens is 5. The van der Waals surface area contributed by atoms with Gasteiger partial charge in [0.25, 0.3) is 5.56 Å². The zero-order chi connectivity index (χ0) is 31.4. The van der Waals surface area contributed by atoms with Gasteiger partial charge in [0.2, 0.25) is 5.91 Å². The number of carbonyl (C=O) groups is 1. The Hall–Kier alpha value is -3.81. The van der Waals surface area contributed by atoms with E-state index < -0.39 is 16.8 Å². The van der Waals surface area contributed by atoms with Gasteiger partial charge in [0.05, 0.1) is 31.0 Å². The lowest BCUT2D eigenvalue weighted by Crippen LogP contribution is -2.57. The van der Waals surface area contributed by atoms with Crippen molar-refractivity contribution in [2.24, 2.45) is 0 Å². The van der Waals surface area contributed by atoms with Crippen LogP contribution < -0.4 is 21.3 Å². The van der Waals surface area contributed by atoms with Crippen LogP contribution in [0.2, 0.25) is 0 Å². The van der Waals surface area contributed by atoms with Gasteiger partial charge in [-0.05, 0) is 70.9 Å². The summed E-state index contributed by atoms with van der Waals surface area (Å²) in [7, 11) is 1.61. The van der Waals surface area contributed by atoms with Gasteiger partial charge in [-0.25, -0.2) is 9.36 Å². The Kier molecular flexibility index (Phi) is 9.66. The first-order valence-corrected chi connectivity index (χ1v) is 15.8. The predicted octanol–water partition coefficient (Wildman–Crippen LogP) is 2.93. The molecule has 2 fully saturated rings. The maximum absolute atomic E-state index is 14.0. The Morgan fingerprint density at radius 3 is 2.41 bits per heavy atom. The Balaban J connectivity index is 0.000000484. The number of fused-ring (bicyclic) bond motifs is 1. The minimum absolute atomic E-state index is 0.0827. The topological polar surface area (TPSA) is 142 Å². The molecule has 0 bridgehead atoms. The standard InChI is InChI=1S/C26H30N6O4S.C5H10O2/c1-16-20-21(33)31(26(2,3)24(34)29-18-9-7-10-18)25(35)30(15-12-17-8-5-6-11-19(17)36-4)23(20)37-22(16)32-27-13-14-28-32;6-5-1-3-7-4-2-5/h5-6,8,11,13-14,18H,7,9-10,12,15H2,1-4H3,(H,29,34);5-6H,1-4H2. The molecular weight excluding hydrogens is 584 g/mol. The van der Waals surface area contributed by atoms with Crippen molar-refractivity contribution in [1.82, 2.24) is 29.4 Å². The van der Waals surface area contributed by atoms with E-state index in [1.807, 2.05) is 31.2 Å². The number of aliphatic hydroxyl groups is 1. The number of para-hydroxylation sites is 1. The van der Waals surface area contributed by atoms with E-state index in [-0.39, 0.29) is 18.1 Å². The minimum atomic E-state index is -1.39. The van der Waals surface area contributed by atoms with E-state index in [1.165, 1.54) is 16.1 Å².